The van der Waals surface area contributed by atoms with Crippen LogP contribution in [0.3, 0.4) is 0 Å². The lowest BCUT2D eigenvalue weighted by atomic mass is 10.2. The molecular formula is C18H27N3O3. The van der Waals surface area contributed by atoms with Crippen LogP contribution in [0.15, 0.2) is 24.3 Å². The molecule has 1 N–H and O–H groups in total. The van der Waals surface area contributed by atoms with Crippen LogP contribution in [0.2, 0.25) is 0 Å². The number of benzene rings is 1. The summed E-state index contributed by atoms with van der Waals surface area (Å²) in [5.41, 5.74) is 0.830. The molecule has 24 heavy (non-hydrogen) atoms. The van der Waals surface area contributed by atoms with Gasteiger partial charge in [0, 0.05) is 31.7 Å². The fourth-order valence-electron chi connectivity index (χ4n) is 2.83. The number of urea groups is 1. The number of anilines is 1. The quantitative estimate of drug-likeness (QED) is 0.834. The highest BCUT2D eigenvalue weighted by Crippen LogP contribution is 2.24. The Hall–Kier alpha value is -2.24. The zero-order valence-corrected chi connectivity index (χ0v) is 14.7. The van der Waals surface area contributed by atoms with Gasteiger partial charge in [-0.3, -0.25) is 4.79 Å². The molecule has 1 saturated heterocycles. The first-order valence-electron chi connectivity index (χ1n) is 8.58. The highest BCUT2D eigenvalue weighted by Gasteiger charge is 2.32. The van der Waals surface area contributed by atoms with Gasteiger partial charge in [0.05, 0.1) is 13.2 Å². The molecule has 0 bridgehead atoms. The third-order valence-electron chi connectivity index (χ3n) is 4.29. The van der Waals surface area contributed by atoms with E-state index in [1.807, 2.05) is 31.2 Å². The lowest BCUT2D eigenvalue weighted by molar-refractivity contribution is -0.117. The van der Waals surface area contributed by atoms with Gasteiger partial charge in [-0.15, -0.1) is 0 Å². The van der Waals surface area contributed by atoms with E-state index in [1.165, 1.54) is 0 Å². The molecule has 132 valence electrons. The van der Waals surface area contributed by atoms with E-state index < -0.39 is 0 Å². The number of nitrogens with one attached hydrogen (secondary N) is 1. The van der Waals surface area contributed by atoms with Gasteiger partial charge in [0.25, 0.3) is 0 Å². The molecule has 1 aliphatic heterocycles. The molecule has 1 heterocycles. The summed E-state index contributed by atoms with van der Waals surface area (Å²) in [5.74, 6) is 0.784. The van der Waals surface area contributed by atoms with Gasteiger partial charge < -0.3 is 19.9 Å². The minimum atomic E-state index is -0.150. The van der Waals surface area contributed by atoms with Crippen molar-refractivity contribution in [2.45, 2.75) is 39.2 Å². The van der Waals surface area contributed by atoms with Gasteiger partial charge in [-0.2, -0.15) is 0 Å². The Morgan fingerprint density at radius 1 is 1.33 bits per heavy atom. The number of methoxy groups -OCH3 is 1. The predicted molar refractivity (Wildman–Crippen MR) is 94.4 cm³/mol. The van der Waals surface area contributed by atoms with Crippen LogP contribution < -0.4 is 15.0 Å². The first-order chi connectivity index (χ1) is 11.6. The Bertz CT molecular complexity index is 559. The average Bonchev–Trinajstić information content (AvgIpc) is 2.96. The maximum absolute atomic E-state index is 12.3. The first kappa shape index (κ1) is 18.1. The lowest BCUT2D eigenvalue weighted by Crippen LogP contribution is -2.46. The van der Waals surface area contributed by atoms with Crippen molar-refractivity contribution in [2.24, 2.45) is 0 Å². The van der Waals surface area contributed by atoms with E-state index in [4.69, 9.17) is 4.74 Å². The maximum atomic E-state index is 12.3. The molecule has 1 aromatic rings. The lowest BCUT2D eigenvalue weighted by Gasteiger charge is -2.23. The number of nitrogens with zero attached hydrogens (tertiary/aromatic N) is 2. The number of rotatable bonds is 7. The smallest absolute Gasteiger partial charge is 0.317 e. The molecule has 2 rings (SSSR count). The van der Waals surface area contributed by atoms with Crippen LogP contribution in [0, 0.1) is 0 Å². The first-order valence-corrected chi connectivity index (χ1v) is 8.58. The molecule has 1 aliphatic rings. The highest BCUT2D eigenvalue weighted by molar-refractivity contribution is 5.96. The molecule has 6 nitrogen and oxygen atoms in total. The van der Waals surface area contributed by atoms with Gasteiger partial charge >= 0.3 is 6.03 Å². The predicted octanol–water partition coefficient (Wildman–Crippen LogP) is 2.63. The summed E-state index contributed by atoms with van der Waals surface area (Å²) in [4.78, 5) is 28.1. The molecule has 1 aromatic carbocycles. The van der Waals surface area contributed by atoms with Crippen molar-refractivity contribution >= 4 is 17.6 Å². The molecule has 0 saturated carbocycles. The third kappa shape index (κ3) is 4.40. The Morgan fingerprint density at radius 2 is 2.04 bits per heavy atom. The molecule has 1 unspecified atom stereocenters. The summed E-state index contributed by atoms with van der Waals surface area (Å²) in [6, 6.07) is 7.15. The molecule has 0 radical (unpaired) electrons. The minimum absolute atomic E-state index is 0.0297. The Kier molecular flexibility index (Phi) is 6.46. The van der Waals surface area contributed by atoms with E-state index in [0.717, 1.165) is 30.8 Å². The van der Waals surface area contributed by atoms with Gasteiger partial charge in [0.2, 0.25) is 5.91 Å². The van der Waals surface area contributed by atoms with Crippen molar-refractivity contribution in [3.63, 3.8) is 0 Å². The van der Waals surface area contributed by atoms with Crippen LogP contribution in [0.5, 0.6) is 5.75 Å². The fraction of sp³-hybridized carbons (Fsp3) is 0.556. The van der Waals surface area contributed by atoms with E-state index in [-0.39, 0.29) is 18.0 Å². The van der Waals surface area contributed by atoms with E-state index in [1.54, 1.807) is 16.9 Å². The van der Waals surface area contributed by atoms with Crippen molar-refractivity contribution in [3.8, 4) is 5.75 Å². The van der Waals surface area contributed by atoms with Gasteiger partial charge in [0.1, 0.15) is 5.75 Å². The van der Waals surface area contributed by atoms with Crippen molar-refractivity contribution in [1.29, 1.82) is 0 Å². The average molecular weight is 333 g/mol. The zero-order chi connectivity index (χ0) is 17.5. The topological polar surface area (TPSA) is 61.9 Å². The third-order valence-corrected chi connectivity index (χ3v) is 4.29. The number of unbranched alkanes of at least 4 members (excludes halogenated alkanes) is 1. The molecule has 0 aromatic heterocycles. The number of ether oxygens (including phenoxy) is 1. The van der Waals surface area contributed by atoms with Crippen LogP contribution in [0.25, 0.3) is 0 Å². The number of carbonyl (C=O) groups excluding carboxylic acids is 2. The standard InChI is InChI=1S/C18H27N3O3/c1-4-6-11-20(5-2)18(23)19-14-12-17(22)21(13-14)15-7-9-16(24-3)10-8-15/h7-10,14H,4-6,11-13H2,1-3H3,(H,19,23). The van der Waals surface area contributed by atoms with Crippen molar-refractivity contribution in [1.82, 2.24) is 10.2 Å². The molecule has 6 heteroatoms. The largest absolute Gasteiger partial charge is 0.497 e. The van der Waals surface area contributed by atoms with E-state index in [0.29, 0.717) is 19.5 Å². The number of hydrogen-bond donors (Lipinski definition) is 1. The van der Waals surface area contributed by atoms with Crippen molar-refractivity contribution < 1.29 is 14.3 Å². The van der Waals surface area contributed by atoms with Gasteiger partial charge in [-0.05, 0) is 37.6 Å². The van der Waals surface area contributed by atoms with E-state index in [2.05, 4.69) is 12.2 Å². The van der Waals surface area contributed by atoms with Crippen LogP contribution in [-0.4, -0.2) is 49.6 Å². The molecule has 1 atom stereocenters. The normalized spacial score (nSPS) is 17.0. The molecular weight excluding hydrogens is 306 g/mol. The monoisotopic (exact) mass is 333 g/mol. The minimum Gasteiger partial charge on any atom is -0.497 e. The Balaban J connectivity index is 1.94. The van der Waals surface area contributed by atoms with E-state index >= 15 is 0 Å². The van der Waals surface area contributed by atoms with Crippen LogP contribution >= 0.6 is 0 Å². The zero-order valence-electron chi connectivity index (χ0n) is 14.7. The summed E-state index contributed by atoms with van der Waals surface area (Å²) in [7, 11) is 1.61. The van der Waals surface area contributed by atoms with Crippen LogP contribution in [0.4, 0.5) is 10.5 Å². The summed E-state index contributed by atoms with van der Waals surface area (Å²) in [5, 5.41) is 2.99. The summed E-state index contributed by atoms with van der Waals surface area (Å²) in [6.45, 7) is 6.01. The fourth-order valence-corrected chi connectivity index (χ4v) is 2.83. The Morgan fingerprint density at radius 3 is 2.62 bits per heavy atom. The summed E-state index contributed by atoms with van der Waals surface area (Å²) in [6.07, 6.45) is 2.38. The van der Waals surface area contributed by atoms with Gasteiger partial charge in [0.15, 0.2) is 0 Å². The second-order valence-corrected chi connectivity index (χ2v) is 5.99. The van der Waals surface area contributed by atoms with Gasteiger partial charge in [-0.25, -0.2) is 4.79 Å². The highest BCUT2D eigenvalue weighted by atomic mass is 16.5. The van der Waals surface area contributed by atoms with Crippen LogP contribution in [-0.2, 0) is 4.79 Å². The molecule has 0 aliphatic carbocycles. The second-order valence-electron chi connectivity index (χ2n) is 5.99. The molecule has 0 spiro atoms. The number of carbonyl (C=O) groups is 2. The maximum Gasteiger partial charge on any atom is 0.317 e. The SMILES string of the molecule is CCCCN(CC)C(=O)NC1CC(=O)N(c2ccc(OC)cc2)C1. The summed E-state index contributed by atoms with van der Waals surface area (Å²) >= 11 is 0. The van der Waals surface area contributed by atoms with E-state index in [9.17, 15) is 9.59 Å². The number of hydrogen-bond acceptors (Lipinski definition) is 3. The van der Waals surface area contributed by atoms with Gasteiger partial charge in [-0.1, -0.05) is 13.3 Å². The number of amides is 3. The molecule has 1 fully saturated rings. The van der Waals surface area contributed by atoms with Crippen molar-refractivity contribution in [3.05, 3.63) is 24.3 Å². The van der Waals surface area contributed by atoms with Crippen molar-refractivity contribution in [2.75, 3.05) is 31.6 Å². The Labute approximate surface area is 143 Å². The second kappa shape index (κ2) is 8.57. The molecule has 3 amide bonds. The van der Waals surface area contributed by atoms with Crippen LogP contribution in [0.1, 0.15) is 33.1 Å². The summed E-state index contributed by atoms with van der Waals surface area (Å²) < 4.78 is 5.14.